The minimum absolute atomic E-state index is 0. The van der Waals surface area contributed by atoms with E-state index < -0.39 is 0 Å². The molecule has 0 radical (unpaired) electrons. The lowest BCUT2D eigenvalue weighted by molar-refractivity contribution is -0.114. The van der Waals surface area contributed by atoms with Crippen molar-refractivity contribution in [3.8, 4) is 0 Å². The fourth-order valence-corrected chi connectivity index (χ4v) is 0.631. The minimum atomic E-state index is 0. The molecule has 0 spiro atoms. The Hall–Kier alpha value is -0.580. The van der Waals surface area contributed by atoms with Crippen LogP contribution in [0.1, 0.15) is 5.56 Å². The molecule has 1 rings (SSSR count). The summed E-state index contributed by atoms with van der Waals surface area (Å²) in [6, 6.07) is 9.46. The Morgan fingerprint density at radius 2 is 1.70 bits per heavy atom. The second-order valence-corrected chi connectivity index (χ2v) is 1.82. The summed E-state index contributed by atoms with van der Waals surface area (Å²) in [7, 11) is 0. The highest BCUT2D eigenvalue weighted by Gasteiger charge is 1.95. The lowest BCUT2D eigenvalue weighted by atomic mass is 10.2. The quantitative estimate of drug-likeness (QED) is 0.298. The maximum absolute atomic E-state index is 5.31. The molecule has 4 N–H and O–H groups in total. The summed E-state index contributed by atoms with van der Waals surface area (Å²) >= 11 is 0. The number of nitrogens with two attached hydrogens (primary N) is 2. The van der Waals surface area contributed by atoms with Crippen molar-refractivity contribution < 1.29 is 29.4 Å². The molecule has 0 bridgehead atoms. The summed E-state index contributed by atoms with van der Waals surface area (Å²) in [4.78, 5) is 0. The zero-order chi connectivity index (χ0) is 6.69. The Balaban J connectivity index is 0.000000810. The van der Waals surface area contributed by atoms with Crippen LogP contribution in [0.3, 0.4) is 0 Å². The van der Waals surface area contributed by atoms with Gasteiger partial charge in [-0.3, -0.25) is 11.1 Å². The molecule has 54 valence electrons. The normalized spacial score (nSPS) is 8.00. The van der Waals surface area contributed by atoms with Gasteiger partial charge in [-0.05, 0) is 12.1 Å². The molecule has 0 saturated carbocycles. The number of hydrogen-bond donors (Lipinski definition) is 2. The largest absolute Gasteiger partial charge is 1.00 e. The third kappa shape index (κ3) is 2.34. The summed E-state index contributed by atoms with van der Waals surface area (Å²) in [6.07, 6.45) is 0. The van der Waals surface area contributed by atoms with Gasteiger partial charge in [0.1, 0.15) is 0 Å². The predicted molar refractivity (Wildman–Crippen MR) is 36.7 cm³/mol. The van der Waals surface area contributed by atoms with Crippen LogP contribution < -0.4 is 35.1 Å². The second kappa shape index (κ2) is 4.27. The fourth-order valence-electron chi connectivity index (χ4n) is 0.631. The van der Waals surface area contributed by atoms with Gasteiger partial charge < -0.3 is 24.0 Å². The molecule has 3 heteroatoms. The maximum Gasteiger partial charge on any atom is 0.270 e. The van der Waals surface area contributed by atoms with Crippen molar-refractivity contribution in [2.24, 2.45) is 5.73 Å². The van der Waals surface area contributed by atoms with Gasteiger partial charge in [0, 0.05) is 0 Å². The second-order valence-electron chi connectivity index (χ2n) is 1.82. The molecule has 0 heterocycles. The molecule has 10 heavy (non-hydrogen) atoms. The van der Waals surface area contributed by atoms with Gasteiger partial charge >= 0.3 is 0 Å². The average Bonchev–Trinajstić information content (AvgIpc) is 1.90. The summed E-state index contributed by atoms with van der Waals surface area (Å²) in [5.74, 6) is 0.371. The lowest BCUT2D eigenvalue weighted by Crippen LogP contribution is -3.00. The van der Waals surface area contributed by atoms with Crippen molar-refractivity contribution in [1.29, 1.82) is 0 Å². The molecule has 0 amide bonds. The predicted octanol–water partition coefficient (Wildman–Crippen LogP) is -3.84. The van der Waals surface area contributed by atoms with E-state index in [-0.39, 0.29) is 24.0 Å². The van der Waals surface area contributed by atoms with Crippen molar-refractivity contribution in [2.75, 3.05) is 0 Å². The van der Waals surface area contributed by atoms with Crippen molar-refractivity contribution >= 4 is 5.84 Å². The van der Waals surface area contributed by atoms with E-state index in [4.69, 9.17) is 11.1 Å². The van der Waals surface area contributed by atoms with Gasteiger partial charge in [-0.2, -0.15) is 0 Å². The fraction of sp³-hybridized carbons (Fsp3) is 0. The van der Waals surface area contributed by atoms with E-state index in [0.29, 0.717) is 5.84 Å². The van der Waals surface area contributed by atoms with Gasteiger partial charge in [0.25, 0.3) is 5.84 Å². The molecular formula is C7H9IN2. The molecule has 0 saturated heterocycles. The van der Waals surface area contributed by atoms with Crippen LogP contribution >= 0.6 is 0 Å². The monoisotopic (exact) mass is 248 g/mol. The first-order chi connectivity index (χ1) is 4.30. The Labute approximate surface area is 77.0 Å². The third-order valence-electron chi connectivity index (χ3n) is 1.11. The summed E-state index contributed by atoms with van der Waals surface area (Å²) in [5, 5.41) is 5.31. The number of benzene rings is 1. The van der Waals surface area contributed by atoms with Crippen LogP contribution in [0.15, 0.2) is 30.3 Å². The molecule has 0 aliphatic carbocycles. The highest BCUT2D eigenvalue weighted by molar-refractivity contribution is 5.92. The van der Waals surface area contributed by atoms with Gasteiger partial charge in [-0.15, -0.1) is 0 Å². The lowest BCUT2D eigenvalue weighted by Gasteiger charge is -1.87. The molecule has 1 aromatic rings. The SMILES string of the molecule is NC(=[NH2+])c1ccccc1.[I-]. The Morgan fingerprint density at radius 3 is 2.00 bits per heavy atom. The molecule has 0 aromatic heterocycles. The molecular weight excluding hydrogens is 239 g/mol. The van der Waals surface area contributed by atoms with E-state index in [1.54, 1.807) is 0 Å². The highest BCUT2D eigenvalue weighted by Crippen LogP contribution is 1.93. The molecule has 0 unspecified atom stereocenters. The summed E-state index contributed by atoms with van der Waals surface area (Å²) in [5.41, 5.74) is 6.19. The van der Waals surface area contributed by atoms with Gasteiger partial charge in [-0.25, -0.2) is 0 Å². The number of halogens is 1. The Kier molecular flexibility index (Phi) is 4.02. The minimum Gasteiger partial charge on any atom is -1.00 e. The van der Waals surface area contributed by atoms with Crippen molar-refractivity contribution in [2.45, 2.75) is 0 Å². The molecule has 0 fully saturated rings. The number of rotatable bonds is 1. The van der Waals surface area contributed by atoms with Crippen molar-refractivity contribution in [3.05, 3.63) is 35.9 Å². The van der Waals surface area contributed by atoms with E-state index in [1.165, 1.54) is 0 Å². The molecule has 0 aliphatic heterocycles. The third-order valence-corrected chi connectivity index (χ3v) is 1.11. The van der Waals surface area contributed by atoms with E-state index >= 15 is 0 Å². The smallest absolute Gasteiger partial charge is 0.270 e. The van der Waals surface area contributed by atoms with Gasteiger partial charge in [0.05, 0.1) is 5.56 Å². The van der Waals surface area contributed by atoms with Gasteiger partial charge in [-0.1, -0.05) is 18.2 Å². The first-order valence-electron chi connectivity index (χ1n) is 2.74. The van der Waals surface area contributed by atoms with E-state index in [1.807, 2.05) is 30.3 Å². The van der Waals surface area contributed by atoms with Crippen LogP contribution in [-0.2, 0) is 0 Å². The highest BCUT2D eigenvalue weighted by atomic mass is 127. The summed E-state index contributed by atoms with van der Waals surface area (Å²) < 4.78 is 0. The van der Waals surface area contributed by atoms with E-state index in [2.05, 4.69) is 0 Å². The van der Waals surface area contributed by atoms with E-state index in [9.17, 15) is 0 Å². The first-order valence-corrected chi connectivity index (χ1v) is 2.74. The molecule has 1 aromatic carbocycles. The zero-order valence-electron chi connectivity index (χ0n) is 5.42. The standard InChI is InChI=1S/C7H8N2.HI/c8-7(9)6-4-2-1-3-5-6;/h1-5H,(H3,8,9);1H. The Morgan fingerprint density at radius 1 is 1.20 bits per heavy atom. The van der Waals surface area contributed by atoms with Crippen LogP contribution in [0.25, 0.3) is 0 Å². The van der Waals surface area contributed by atoms with Crippen LogP contribution in [0.4, 0.5) is 0 Å². The first kappa shape index (κ1) is 9.42. The topological polar surface area (TPSA) is 51.6 Å². The van der Waals surface area contributed by atoms with Crippen molar-refractivity contribution in [3.63, 3.8) is 0 Å². The van der Waals surface area contributed by atoms with Crippen LogP contribution in [0.2, 0.25) is 0 Å². The van der Waals surface area contributed by atoms with Crippen LogP contribution in [0.5, 0.6) is 0 Å². The molecule has 0 aliphatic rings. The van der Waals surface area contributed by atoms with E-state index in [0.717, 1.165) is 5.56 Å². The Bertz CT molecular complexity index is 208. The van der Waals surface area contributed by atoms with Crippen LogP contribution in [-0.4, -0.2) is 5.84 Å². The average molecular weight is 248 g/mol. The summed E-state index contributed by atoms with van der Waals surface area (Å²) in [6.45, 7) is 0. The molecule has 2 nitrogen and oxygen atoms in total. The van der Waals surface area contributed by atoms with Crippen LogP contribution in [0, 0.1) is 0 Å². The number of amidine groups is 1. The molecule has 0 atom stereocenters. The van der Waals surface area contributed by atoms with Gasteiger partial charge in [0.2, 0.25) is 0 Å². The number of hydrogen-bond acceptors (Lipinski definition) is 0. The maximum atomic E-state index is 5.31. The zero-order valence-corrected chi connectivity index (χ0v) is 7.58. The van der Waals surface area contributed by atoms with Crippen molar-refractivity contribution in [1.82, 2.24) is 0 Å². The van der Waals surface area contributed by atoms with Gasteiger partial charge in [0.15, 0.2) is 0 Å².